The van der Waals surface area contributed by atoms with Gasteiger partial charge in [-0.15, -0.1) is 6.42 Å². The van der Waals surface area contributed by atoms with Crippen molar-refractivity contribution < 1.29 is 9.59 Å². The molecule has 0 aliphatic carbocycles. The highest BCUT2D eigenvalue weighted by Gasteiger charge is 2.33. The number of nitrogens with one attached hydrogen (secondary N) is 1. The standard InChI is InChI=1S/C24H18Cl2N2O2/c1-2-21(29)28(20-15-9-14-19(25)22(20)26)23(18-12-7-4-8-13-18)24(30)27-16-17-10-5-3-6-11-17/h1,3-15,23H,16H2,(H,27,30). The fraction of sp³-hybridized carbons (Fsp3) is 0.0833. The number of hydrogen-bond donors (Lipinski definition) is 1. The number of carbonyl (C=O) groups excluding carboxylic acids is 2. The number of carbonyl (C=O) groups is 2. The minimum absolute atomic E-state index is 0.138. The number of terminal acetylenes is 1. The van der Waals surface area contributed by atoms with E-state index in [0.29, 0.717) is 12.1 Å². The van der Waals surface area contributed by atoms with Crippen LogP contribution in [0, 0.1) is 12.3 Å². The van der Waals surface area contributed by atoms with Gasteiger partial charge in [0.2, 0.25) is 5.91 Å². The maximum Gasteiger partial charge on any atom is 0.303 e. The Bertz CT molecular complexity index is 1080. The molecule has 0 aliphatic rings. The summed E-state index contributed by atoms with van der Waals surface area (Å²) in [6, 6.07) is 22.2. The van der Waals surface area contributed by atoms with Gasteiger partial charge in [-0.1, -0.05) is 89.9 Å². The second-order valence-corrected chi connectivity index (χ2v) is 7.19. The highest BCUT2D eigenvalue weighted by Crippen LogP contribution is 2.37. The third-order valence-electron chi connectivity index (χ3n) is 4.46. The van der Waals surface area contributed by atoms with E-state index in [2.05, 4.69) is 11.2 Å². The molecule has 1 atom stereocenters. The molecule has 1 N–H and O–H groups in total. The lowest BCUT2D eigenvalue weighted by Crippen LogP contribution is -2.43. The highest BCUT2D eigenvalue weighted by molar-refractivity contribution is 6.44. The first-order valence-corrected chi connectivity index (χ1v) is 9.89. The van der Waals surface area contributed by atoms with E-state index in [0.717, 1.165) is 5.56 Å². The van der Waals surface area contributed by atoms with Gasteiger partial charge in [-0.3, -0.25) is 14.5 Å². The Balaban J connectivity index is 2.04. The van der Waals surface area contributed by atoms with Gasteiger partial charge in [-0.25, -0.2) is 0 Å². The molecule has 0 saturated carbocycles. The number of hydrogen-bond acceptors (Lipinski definition) is 2. The number of anilines is 1. The number of amides is 2. The van der Waals surface area contributed by atoms with Crippen LogP contribution in [0.1, 0.15) is 17.2 Å². The molecule has 0 radical (unpaired) electrons. The number of nitrogens with zero attached hydrogens (tertiary/aromatic N) is 1. The van der Waals surface area contributed by atoms with Crippen LogP contribution < -0.4 is 10.2 Å². The van der Waals surface area contributed by atoms with Crippen LogP contribution in [0.15, 0.2) is 78.9 Å². The number of benzene rings is 3. The lowest BCUT2D eigenvalue weighted by molar-refractivity contribution is -0.125. The summed E-state index contributed by atoms with van der Waals surface area (Å²) in [4.78, 5) is 27.3. The molecule has 0 spiro atoms. The van der Waals surface area contributed by atoms with Crippen LogP contribution in [0.4, 0.5) is 5.69 Å². The van der Waals surface area contributed by atoms with Crippen molar-refractivity contribution in [2.45, 2.75) is 12.6 Å². The van der Waals surface area contributed by atoms with Crippen molar-refractivity contribution in [1.82, 2.24) is 5.32 Å². The Kier molecular flexibility index (Phi) is 7.13. The third kappa shape index (κ3) is 4.83. The van der Waals surface area contributed by atoms with Crippen LogP contribution in [0.25, 0.3) is 0 Å². The Morgan fingerprint density at radius 1 is 0.933 bits per heavy atom. The SMILES string of the molecule is C#CC(=O)N(c1cccc(Cl)c1Cl)C(C(=O)NCc1ccccc1)c1ccccc1. The van der Waals surface area contributed by atoms with Crippen molar-refractivity contribution in [3.05, 3.63) is 100 Å². The summed E-state index contributed by atoms with van der Waals surface area (Å²) in [6.07, 6.45) is 5.43. The minimum Gasteiger partial charge on any atom is -0.350 e. The summed E-state index contributed by atoms with van der Waals surface area (Å²) >= 11 is 12.5. The highest BCUT2D eigenvalue weighted by atomic mass is 35.5. The summed E-state index contributed by atoms with van der Waals surface area (Å²) in [7, 11) is 0. The predicted molar refractivity (Wildman–Crippen MR) is 120 cm³/mol. The van der Waals surface area contributed by atoms with Gasteiger partial charge in [0, 0.05) is 6.54 Å². The van der Waals surface area contributed by atoms with E-state index in [1.807, 2.05) is 36.4 Å². The van der Waals surface area contributed by atoms with Crippen LogP contribution in [0.2, 0.25) is 10.0 Å². The molecule has 0 aromatic heterocycles. The van der Waals surface area contributed by atoms with Crippen LogP contribution >= 0.6 is 23.2 Å². The molecule has 1 unspecified atom stereocenters. The first-order valence-electron chi connectivity index (χ1n) is 9.13. The van der Waals surface area contributed by atoms with E-state index < -0.39 is 17.9 Å². The first-order chi connectivity index (χ1) is 14.5. The molecule has 150 valence electrons. The zero-order valence-corrected chi connectivity index (χ0v) is 17.4. The van der Waals surface area contributed by atoms with Crippen LogP contribution in [-0.2, 0) is 16.1 Å². The van der Waals surface area contributed by atoms with Gasteiger partial charge < -0.3 is 5.32 Å². The Morgan fingerprint density at radius 3 is 2.20 bits per heavy atom. The Labute approximate surface area is 185 Å². The average molecular weight is 437 g/mol. The largest absolute Gasteiger partial charge is 0.350 e. The molecule has 0 saturated heterocycles. The second-order valence-electron chi connectivity index (χ2n) is 6.41. The monoisotopic (exact) mass is 436 g/mol. The van der Waals surface area contributed by atoms with E-state index in [-0.39, 0.29) is 15.7 Å². The van der Waals surface area contributed by atoms with Crippen molar-refractivity contribution >= 4 is 40.7 Å². The quantitative estimate of drug-likeness (QED) is 0.551. The van der Waals surface area contributed by atoms with Gasteiger partial charge in [0.15, 0.2) is 0 Å². The van der Waals surface area contributed by atoms with Crippen molar-refractivity contribution in [3.63, 3.8) is 0 Å². The van der Waals surface area contributed by atoms with Crippen LogP contribution in [-0.4, -0.2) is 11.8 Å². The third-order valence-corrected chi connectivity index (χ3v) is 5.27. The van der Waals surface area contributed by atoms with Gasteiger partial charge in [-0.2, -0.15) is 0 Å². The lowest BCUT2D eigenvalue weighted by Gasteiger charge is -2.30. The van der Waals surface area contributed by atoms with Crippen molar-refractivity contribution in [2.24, 2.45) is 0 Å². The number of halogens is 2. The lowest BCUT2D eigenvalue weighted by atomic mass is 10.0. The van der Waals surface area contributed by atoms with Crippen LogP contribution in [0.5, 0.6) is 0 Å². The molecule has 0 fully saturated rings. The Morgan fingerprint density at radius 2 is 1.57 bits per heavy atom. The Hall–Kier alpha value is -3.26. The molecule has 2 amide bonds. The van der Waals surface area contributed by atoms with Gasteiger partial charge >= 0.3 is 5.91 Å². The fourth-order valence-electron chi connectivity index (χ4n) is 3.05. The first kappa shape index (κ1) is 21.4. The summed E-state index contributed by atoms with van der Waals surface area (Å²) in [5, 5.41) is 3.27. The summed E-state index contributed by atoms with van der Waals surface area (Å²) in [5.41, 5.74) is 1.77. The van der Waals surface area contributed by atoms with Gasteiger partial charge in [0.1, 0.15) is 6.04 Å². The van der Waals surface area contributed by atoms with E-state index in [1.165, 1.54) is 4.90 Å². The smallest absolute Gasteiger partial charge is 0.303 e. The molecular weight excluding hydrogens is 419 g/mol. The normalized spacial score (nSPS) is 11.2. The molecular formula is C24H18Cl2N2O2. The molecule has 3 aromatic carbocycles. The van der Waals surface area contributed by atoms with Gasteiger partial charge in [0.25, 0.3) is 0 Å². The van der Waals surface area contributed by atoms with Crippen molar-refractivity contribution in [3.8, 4) is 12.3 Å². The van der Waals surface area contributed by atoms with Gasteiger partial charge in [0.05, 0.1) is 15.7 Å². The molecule has 4 nitrogen and oxygen atoms in total. The zero-order chi connectivity index (χ0) is 21.5. The van der Waals surface area contributed by atoms with Gasteiger partial charge in [-0.05, 0) is 29.2 Å². The fourth-order valence-corrected chi connectivity index (χ4v) is 3.44. The molecule has 3 rings (SSSR count). The maximum absolute atomic E-state index is 13.3. The molecule has 30 heavy (non-hydrogen) atoms. The molecule has 6 heteroatoms. The molecule has 0 heterocycles. The summed E-state index contributed by atoms with van der Waals surface area (Å²) in [5.74, 6) is 0.990. The van der Waals surface area contributed by atoms with Crippen molar-refractivity contribution in [2.75, 3.05) is 4.90 Å². The zero-order valence-electron chi connectivity index (χ0n) is 15.9. The van der Waals surface area contributed by atoms with Crippen LogP contribution in [0.3, 0.4) is 0 Å². The molecule has 0 bridgehead atoms. The summed E-state index contributed by atoms with van der Waals surface area (Å²) in [6.45, 7) is 0.296. The molecule has 0 aliphatic heterocycles. The number of rotatable bonds is 6. The maximum atomic E-state index is 13.3. The van der Waals surface area contributed by atoms with E-state index in [9.17, 15) is 9.59 Å². The second kappa shape index (κ2) is 9.98. The van der Waals surface area contributed by atoms with E-state index in [1.54, 1.807) is 42.5 Å². The van der Waals surface area contributed by atoms with Crippen molar-refractivity contribution in [1.29, 1.82) is 0 Å². The average Bonchev–Trinajstić information content (AvgIpc) is 2.79. The summed E-state index contributed by atoms with van der Waals surface area (Å²) < 4.78 is 0. The minimum atomic E-state index is -1.03. The molecule has 3 aromatic rings. The topological polar surface area (TPSA) is 49.4 Å². The predicted octanol–water partition coefficient (Wildman–Crippen LogP) is 5.02. The van der Waals surface area contributed by atoms with E-state index >= 15 is 0 Å². The van der Waals surface area contributed by atoms with E-state index in [4.69, 9.17) is 29.6 Å².